The van der Waals surface area contributed by atoms with Gasteiger partial charge in [0.05, 0.1) is 4.92 Å². The third-order valence-electron chi connectivity index (χ3n) is 4.34. The van der Waals surface area contributed by atoms with Crippen LogP contribution in [0.25, 0.3) is 0 Å². The second-order valence-electron chi connectivity index (χ2n) is 5.74. The number of benzene rings is 1. The summed E-state index contributed by atoms with van der Waals surface area (Å²) in [6.07, 6.45) is 3.69. The SMILES string of the molecule is CC.CCCCC1C(=O)Nc2c(C)cc([N+](=O)[O-])cc2C1CC. The maximum absolute atomic E-state index is 12.4. The van der Waals surface area contributed by atoms with E-state index >= 15 is 0 Å². The predicted molar refractivity (Wildman–Crippen MR) is 93.9 cm³/mol. The van der Waals surface area contributed by atoms with Gasteiger partial charge in [-0.15, -0.1) is 0 Å². The first-order chi connectivity index (χ1) is 11.0. The minimum absolute atomic E-state index is 0.0553. The number of nitrogens with one attached hydrogen (secondary N) is 1. The van der Waals surface area contributed by atoms with Crippen LogP contribution in [0.5, 0.6) is 0 Å². The summed E-state index contributed by atoms with van der Waals surface area (Å²) in [5.41, 5.74) is 2.56. The van der Waals surface area contributed by atoms with Crippen molar-refractivity contribution in [3.8, 4) is 0 Å². The number of non-ortho nitro benzene ring substituents is 1. The van der Waals surface area contributed by atoms with E-state index in [2.05, 4.69) is 12.2 Å². The monoisotopic (exact) mass is 320 g/mol. The first kappa shape index (κ1) is 19.1. The molecule has 0 saturated heterocycles. The van der Waals surface area contributed by atoms with Crippen molar-refractivity contribution in [1.82, 2.24) is 0 Å². The lowest BCUT2D eigenvalue weighted by Gasteiger charge is -2.33. The zero-order valence-electron chi connectivity index (χ0n) is 14.8. The Morgan fingerprint density at radius 1 is 1.22 bits per heavy atom. The van der Waals surface area contributed by atoms with Crippen molar-refractivity contribution in [2.45, 2.75) is 66.2 Å². The Morgan fingerprint density at radius 2 is 1.87 bits per heavy atom. The summed E-state index contributed by atoms with van der Waals surface area (Å²) in [5, 5.41) is 14.0. The molecule has 0 saturated carbocycles. The van der Waals surface area contributed by atoms with Gasteiger partial charge in [-0.1, -0.05) is 40.5 Å². The van der Waals surface area contributed by atoms with Crippen LogP contribution in [0, 0.1) is 23.0 Å². The van der Waals surface area contributed by atoms with E-state index in [0.29, 0.717) is 0 Å². The maximum atomic E-state index is 12.4. The summed E-state index contributed by atoms with van der Waals surface area (Å²) in [4.78, 5) is 23.1. The number of nitro benzene ring substituents is 1. The number of anilines is 1. The summed E-state index contributed by atoms with van der Waals surface area (Å²) in [6.45, 7) is 9.95. The molecule has 1 amide bonds. The fraction of sp³-hybridized carbons (Fsp3) is 0.611. The van der Waals surface area contributed by atoms with Crippen molar-refractivity contribution in [3.63, 3.8) is 0 Å². The molecule has 2 rings (SSSR count). The highest BCUT2D eigenvalue weighted by atomic mass is 16.6. The van der Waals surface area contributed by atoms with E-state index in [1.807, 2.05) is 27.7 Å². The number of unbranched alkanes of at least 4 members (excludes halogenated alkanes) is 1. The van der Waals surface area contributed by atoms with Crippen LogP contribution in [-0.2, 0) is 4.79 Å². The Bertz CT molecular complexity index is 570. The first-order valence-corrected chi connectivity index (χ1v) is 8.59. The number of hydrogen-bond donors (Lipinski definition) is 1. The van der Waals surface area contributed by atoms with Crippen molar-refractivity contribution in [1.29, 1.82) is 0 Å². The summed E-state index contributed by atoms with van der Waals surface area (Å²) in [5.74, 6) is 0.0440. The van der Waals surface area contributed by atoms with Gasteiger partial charge in [0, 0.05) is 23.7 Å². The van der Waals surface area contributed by atoms with E-state index in [4.69, 9.17) is 0 Å². The third-order valence-corrected chi connectivity index (χ3v) is 4.34. The van der Waals surface area contributed by atoms with E-state index in [0.717, 1.165) is 42.5 Å². The fourth-order valence-electron chi connectivity index (χ4n) is 3.24. The molecule has 0 fully saturated rings. The lowest BCUT2D eigenvalue weighted by molar-refractivity contribution is -0.385. The summed E-state index contributed by atoms with van der Waals surface area (Å²) >= 11 is 0. The van der Waals surface area contributed by atoms with Crippen LogP contribution in [0.2, 0.25) is 0 Å². The van der Waals surface area contributed by atoms with Crippen LogP contribution in [0.3, 0.4) is 0 Å². The summed E-state index contributed by atoms with van der Waals surface area (Å²) in [7, 11) is 0. The van der Waals surface area contributed by atoms with Crippen LogP contribution in [0.15, 0.2) is 12.1 Å². The van der Waals surface area contributed by atoms with Crippen LogP contribution < -0.4 is 5.32 Å². The molecule has 0 bridgehead atoms. The van der Waals surface area contributed by atoms with E-state index in [9.17, 15) is 14.9 Å². The number of carbonyl (C=O) groups is 1. The summed E-state index contributed by atoms with van der Waals surface area (Å²) < 4.78 is 0. The summed E-state index contributed by atoms with van der Waals surface area (Å²) in [6, 6.07) is 3.16. The van der Waals surface area contributed by atoms with E-state index in [-0.39, 0.29) is 28.4 Å². The molecule has 1 aromatic rings. The molecule has 1 heterocycles. The van der Waals surface area contributed by atoms with Gasteiger partial charge in [-0.05, 0) is 36.8 Å². The van der Waals surface area contributed by atoms with Crippen LogP contribution in [-0.4, -0.2) is 10.8 Å². The van der Waals surface area contributed by atoms with Crippen LogP contribution in [0.4, 0.5) is 11.4 Å². The van der Waals surface area contributed by atoms with Gasteiger partial charge in [0.15, 0.2) is 0 Å². The average molecular weight is 320 g/mol. The number of amides is 1. The molecule has 5 nitrogen and oxygen atoms in total. The van der Waals surface area contributed by atoms with Gasteiger partial charge in [-0.3, -0.25) is 14.9 Å². The number of nitrogens with zero attached hydrogens (tertiary/aromatic N) is 1. The number of aryl methyl sites for hydroxylation is 1. The molecule has 2 atom stereocenters. The second-order valence-corrected chi connectivity index (χ2v) is 5.74. The van der Waals surface area contributed by atoms with Crippen molar-refractivity contribution >= 4 is 17.3 Å². The molecule has 0 radical (unpaired) electrons. The number of nitro groups is 1. The fourth-order valence-corrected chi connectivity index (χ4v) is 3.24. The number of rotatable bonds is 5. The van der Waals surface area contributed by atoms with E-state index in [1.54, 1.807) is 6.07 Å². The van der Waals surface area contributed by atoms with Gasteiger partial charge in [0.2, 0.25) is 5.91 Å². The standard InChI is InChI=1S/C16H22N2O3.C2H6/c1-4-6-7-13-12(5-2)14-9-11(18(20)21)8-10(3)15(14)17-16(13)19;1-2/h8-9,12-13H,4-7H2,1-3H3,(H,17,19);1-2H3. The van der Waals surface area contributed by atoms with Gasteiger partial charge in [0.1, 0.15) is 0 Å². The normalized spacial score (nSPS) is 19.3. The maximum Gasteiger partial charge on any atom is 0.270 e. The molecule has 1 aromatic carbocycles. The topological polar surface area (TPSA) is 72.2 Å². The van der Waals surface area contributed by atoms with Gasteiger partial charge in [-0.2, -0.15) is 0 Å². The highest BCUT2D eigenvalue weighted by molar-refractivity contribution is 5.97. The number of hydrogen-bond acceptors (Lipinski definition) is 3. The quantitative estimate of drug-likeness (QED) is 0.600. The lowest BCUT2D eigenvalue weighted by Crippen LogP contribution is -2.34. The van der Waals surface area contributed by atoms with Gasteiger partial charge >= 0.3 is 0 Å². The molecule has 128 valence electrons. The molecule has 0 spiro atoms. The second kappa shape index (κ2) is 8.65. The molecule has 1 N–H and O–H groups in total. The van der Waals surface area contributed by atoms with Crippen molar-refractivity contribution < 1.29 is 9.72 Å². The Kier molecular flexibility index (Phi) is 7.20. The Hall–Kier alpha value is -1.91. The third kappa shape index (κ3) is 4.09. The van der Waals surface area contributed by atoms with Gasteiger partial charge in [0.25, 0.3) is 5.69 Å². The molecule has 1 aliphatic rings. The van der Waals surface area contributed by atoms with Crippen molar-refractivity contribution in [2.75, 3.05) is 5.32 Å². The zero-order valence-corrected chi connectivity index (χ0v) is 14.8. The molecular formula is C18H28N2O3. The smallest absolute Gasteiger partial charge is 0.270 e. The highest BCUT2D eigenvalue weighted by Gasteiger charge is 2.35. The zero-order chi connectivity index (χ0) is 17.6. The molecular weight excluding hydrogens is 292 g/mol. The molecule has 2 unspecified atom stereocenters. The van der Waals surface area contributed by atoms with Gasteiger partial charge in [-0.25, -0.2) is 0 Å². The Balaban J connectivity index is 0.00000127. The van der Waals surface area contributed by atoms with Crippen LogP contribution >= 0.6 is 0 Å². The largest absolute Gasteiger partial charge is 0.325 e. The molecule has 5 heteroatoms. The molecule has 23 heavy (non-hydrogen) atoms. The predicted octanol–water partition coefficient (Wildman–Crippen LogP) is 5.18. The van der Waals surface area contributed by atoms with Crippen LogP contribution in [0.1, 0.15) is 70.4 Å². The van der Waals surface area contributed by atoms with Crippen molar-refractivity contribution in [3.05, 3.63) is 33.4 Å². The lowest BCUT2D eigenvalue weighted by atomic mass is 9.76. The molecule has 0 aliphatic carbocycles. The first-order valence-electron chi connectivity index (χ1n) is 8.59. The highest BCUT2D eigenvalue weighted by Crippen LogP contribution is 2.43. The average Bonchev–Trinajstić information content (AvgIpc) is 2.54. The minimum atomic E-state index is -0.364. The molecule has 0 aromatic heterocycles. The van der Waals surface area contributed by atoms with Gasteiger partial charge < -0.3 is 5.32 Å². The van der Waals surface area contributed by atoms with E-state index in [1.165, 1.54) is 6.07 Å². The minimum Gasteiger partial charge on any atom is -0.325 e. The Labute approximate surface area is 138 Å². The van der Waals surface area contributed by atoms with Crippen molar-refractivity contribution in [2.24, 2.45) is 5.92 Å². The number of carbonyl (C=O) groups excluding carboxylic acids is 1. The van der Waals surface area contributed by atoms with E-state index < -0.39 is 0 Å². The molecule has 1 aliphatic heterocycles. The number of fused-ring (bicyclic) bond motifs is 1. The Morgan fingerprint density at radius 3 is 2.39 bits per heavy atom.